The molecule has 0 unspecified atom stereocenters. The molecular weight excluding hydrogens is 618 g/mol. The molecule has 11 nitrogen and oxygen atoms in total. The summed E-state index contributed by atoms with van der Waals surface area (Å²) in [5.41, 5.74) is 3.18. The van der Waals surface area contributed by atoms with Crippen molar-refractivity contribution < 1.29 is 51.6 Å². The zero-order chi connectivity index (χ0) is 34.3. The van der Waals surface area contributed by atoms with E-state index in [0.29, 0.717) is 0 Å². The average molecular weight is 661 g/mol. The Morgan fingerprint density at radius 3 is 2.09 bits per heavy atom. The van der Waals surface area contributed by atoms with Crippen molar-refractivity contribution >= 4 is 18.0 Å². The lowest BCUT2D eigenvalue weighted by molar-refractivity contribution is -0.280. The van der Waals surface area contributed by atoms with Gasteiger partial charge in [0.25, 0.3) is 6.43 Å². The zero-order valence-electron chi connectivity index (χ0n) is 27.5. The van der Waals surface area contributed by atoms with Crippen LogP contribution < -0.4 is 10.6 Å². The maximum absolute atomic E-state index is 14.2. The predicted octanol–water partition coefficient (Wildman–Crippen LogP) is 4.66. The van der Waals surface area contributed by atoms with Gasteiger partial charge in [0.15, 0.2) is 24.2 Å². The van der Waals surface area contributed by atoms with E-state index >= 15 is 0 Å². The molecule has 2 saturated heterocycles. The molecule has 2 amide bonds. The van der Waals surface area contributed by atoms with Crippen molar-refractivity contribution in [3.05, 3.63) is 59.7 Å². The highest BCUT2D eigenvalue weighted by Crippen LogP contribution is 2.44. The summed E-state index contributed by atoms with van der Waals surface area (Å²) in [6, 6.07) is 13.2. The zero-order valence-corrected chi connectivity index (χ0v) is 27.5. The van der Waals surface area contributed by atoms with Crippen LogP contribution in [-0.4, -0.2) is 85.2 Å². The van der Waals surface area contributed by atoms with Gasteiger partial charge in [0.2, 0.25) is 5.91 Å². The van der Waals surface area contributed by atoms with Crippen molar-refractivity contribution in [2.75, 3.05) is 6.61 Å². The number of esters is 1. The van der Waals surface area contributed by atoms with E-state index in [4.69, 9.17) is 28.4 Å². The highest BCUT2D eigenvalue weighted by Gasteiger charge is 2.58. The molecule has 2 aliphatic heterocycles. The minimum absolute atomic E-state index is 0.0151. The normalized spacial score (nSPS) is 26.0. The summed E-state index contributed by atoms with van der Waals surface area (Å²) < 4.78 is 63.0. The van der Waals surface area contributed by atoms with Crippen LogP contribution in [0.5, 0.6) is 0 Å². The molecular formula is C34H42F2N2O9. The van der Waals surface area contributed by atoms with Gasteiger partial charge in [-0.15, -0.1) is 0 Å². The Morgan fingerprint density at radius 1 is 0.957 bits per heavy atom. The topological polar surface area (TPSA) is 131 Å². The van der Waals surface area contributed by atoms with Crippen LogP contribution in [0.2, 0.25) is 0 Å². The quantitative estimate of drug-likeness (QED) is 0.369. The molecule has 47 heavy (non-hydrogen) atoms. The van der Waals surface area contributed by atoms with Gasteiger partial charge >= 0.3 is 12.1 Å². The molecule has 0 spiro atoms. The Morgan fingerprint density at radius 2 is 1.53 bits per heavy atom. The first-order valence-corrected chi connectivity index (χ1v) is 15.6. The maximum Gasteiger partial charge on any atom is 0.407 e. The molecule has 2 N–H and O–H groups in total. The molecule has 2 heterocycles. The first-order chi connectivity index (χ1) is 22.0. The Kier molecular flexibility index (Phi) is 9.93. The average Bonchev–Trinajstić information content (AvgIpc) is 3.48. The first-order valence-electron chi connectivity index (χ1n) is 15.6. The van der Waals surface area contributed by atoms with Crippen molar-refractivity contribution in [2.24, 2.45) is 0 Å². The van der Waals surface area contributed by atoms with E-state index in [1.54, 1.807) is 34.6 Å². The SMILES string of the molecule is CC(=O)N[C@H]1[C@@H](O[C@H](C)[C@H](NC(=O)OCC2c3ccccc3-c3ccccc32)C(=O)OC(C)(C)C)O[C@H](C(F)F)[C@@H]2OC(C)(C)O[C@H]12. The fourth-order valence-corrected chi connectivity index (χ4v) is 6.32. The molecule has 5 rings (SSSR count). The van der Waals surface area contributed by atoms with Gasteiger partial charge < -0.3 is 39.1 Å². The van der Waals surface area contributed by atoms with Crippen molar-refractivity contribution in [3.8, 4) is 11.1 Å². The van der Waals surface area contributed by atoms with Crippen LogP contribution in [0.25, 0.3) is 11.1 Å². The number of benzene rings is 2. The van der Waals surface area contributed by atoms with Gasteiger partial charge in [0, 0.05) is 12.8 Å². The van der Waals surface area contributed by atoms with Gasteiger partial charge in [0.1, 0.15) is 30.5 Å². The van der Waals surface area contributed by atoms with E-state index in [9.17, 15) is 23.2 Å². The van der Waals surface area contributed by atoms with E-state index in [1.165, 1.54) is 13.8 Å². The molecule has 2 aromatic carbocycles. The number of alkyl halides is 2. The fraction of sp³-hybridized carbons (Fsp3) is 0.559. The third kappa shape index (κ3) is 7.75. The minimum Gasteiger partial charge on any atom is -0.458 e. The van der Waals surface area contributed by atoms with Gasteiger partial charge in [0.05, 0.1) is 6.10 Å². The highest BCUT2D eigenvalue weighted by atomic mass is 19.3. The summed E-state index contributed by atoms with van der Waals surface area (Å²) in [4.78, 5) is 38.8. The summed E-state index contributed by atoms with van der Waals surface area (Å²) in [5, 5.41) is 5.20. The van der Waals surface area contributed by atoms with Crippen LogP contribution in [0.3, 0.4) is 0 Å². The number of halogens is 2. The van der Waals surface area contributed by atoms with Crippen molar-refractivity contribution in [2.45, 2.75) is 115 Å². The van der Waals surface area contributed by atoms with Crippen molar-refractivity contribution in [1.29, 1.82) is 0 Å². The van der Waals surface area contributed by atoms with E-state index < -0.39 is 78.6 Å². The maximum atomic E-state index is 14.2. The van der Waals surface area contributed by atoms with Gasteiger partial charge in [-0.2, -0.15) is 0 Å². The number of rotatable bonds is 9. The summed E-state index contributed by atoms with van der Waals surface area (Å²) in [7, 11) is 0. The summed E-state index contributed by atoms with van der Waals surface area (Å²) >= 11 is 0. The van der Waals surface area contributed by atoms with E-state index in [0.717, 1.165) is 22.3 Å². The molecule has 0 bridgehead atoms. The van der Waals surface area contributed by atoms with Gasteiger partial charge in [-0.1, -0.05) is 48.5 Å². The second-order valence-electron chi connectivity index (χ2n) is 13.4. The lowest BCUT2D eigenvalue weighted by Gasteiger charge is -2.43. The van der Waals surface area contributed by atoms with E-state index in [1.807, 2.05) is 48.5 Å². The van der Waals surface area contributed by atoms with Crippen LogP contribution >= 0.6 is 0 Å². The van der Waals surface area contributed by atoms with E-state index in [-0.39, 0.29) is 12.5 Å². The van der Waals surface area contributed by atoms with Crippen LogP contribution in [-0.2, 0) is 38.0 Å². The highest BCUT2D eigenvalue weighted by molar-refractivity contribution is 5.83. The predicted molar refractivity (Wildman–Crippen MR) is 164 cm³/mol. The van der Waals surface area contributed by atoms with Gasteiger partial charge in [-0.3, -0.25) is 4.79 Å². The largest absolute Gasteiger partial charge is 0.458 e. The Balaban J connectivity index is 1.34. The summed E-state index contributed by atoms with van der Waals surface area (Å²) in [6.07, 6.45) is -10.7. The molecule has 2 aromatic rings. The van der Waals surface area contributed by atoms with Crippen molar-refractivity contribution in [3.63, 3.8) is 0 Å². The molecule has 0 saturated carbocycles. The number of hydrogen-bond donors (Lipinski definition) is 2. The molecule has 256 valence electrons. The molecule has 0 aromatic heterocycles. The molecule has 2 fully saturated rings. The number of fused-ring (bicyclic) bond motifs is 4. The number of hydrogen-bond acceptors (Lipinski definition) is 9. The number of ether oxygens (including phenoxy) is 6. The number of amides is 2. The van der Waals surface area contributed by atoms with Crippen molar-refractivity contribution in [1.82, 2.24) is 10.6 Å². The molecule has 3 aliphatic rings. The Labute approximate surface area is 272 Å². The second kappa shape index (κ2) is 13.5. The third-order valence-electron chi connectivity index (χ3n) is 8.14. The Bertz CT molecular complexity index is 1430. The molecule has 7 atom stereocenters. The molecule has 0 radical (unpaired) electrons. The number of carbonyl (C=O) groups is 3. The van der Waals surface area contributed by atoms with Crippen LogP contribution in [0.15, 0.2) is 48.5 Å². The second-order valence-corrected chi connectivity index (χ2v) is 13.4. The summed E-state index contributed by atoms with van der Waals surface area (Å²) in [5.74, 6) is -2.82. The smallest absolute Gasteiger partial charge is 0.407 e. The van der Waals surface area contributed by atoms with E-state index in [2.05, 4.69) is 10.6 Å². The van der Waals surface area contributed by atoms with Gasteiger partial charge in [-0.05, 0) is 63.8 Å². The standard InChI is InChI=1S/C34H42F2N2O9/c1-17(43-31-25(37-18(2)39)26-27(28(44-31)29(35)36)46-34(6,7)45-26)24(30(40)47-33(3,4)5)38-32(41)42-16-23-21-14-10-8-12-19(21)20-13-9-11-15-22(20)23/h8-15,17,23-29,31H,16H2,1-7H3,(H,37,39)(H,38,41)/t17-,24+,25-,26-,27-,28+,31+/m1/s1. The fourth-order valence-electron chi connectivity index (χ4n) is 6.32. The third-order valence-corrected chi connectivity index (χ3v) is 8.14. The Hall–Kier alpha value is -3.65. The van der Waals surface area contributed by atoms with Gasteiger partial charge in [-0.25, -0.2) is 18.4 Å². The molecule has 1 aliphatic carbocycles. The lowest BCUT2D eigenvalue weighted by atomic mass is 9.96. The molecule has 13 heteroatoms. The lowest BCUT2D eigenvalue weighted by Crippen LogP contribution is -2.65. The van der Waals surface area contributed by atoms with Crippen LogP contribution in [0, 0.1) is 0 Å². The number of carbonyl (C=O) groups excluding carboxylic acids is 3. The minimum atomic E-state index is -2.99. The summed E-state index contributed by atoms with van der Waals surface area (Å²) in [6.45, 7) is 10.8. The monoisotopic (exact) mass is 660 g/mol. The van der Waals surface area contributed by atoms with Crippen LogP contribution in [0.4, 0.5) is 13.6 Å². The first kappa shape index (κ1) is 34.7. The number of alkyl carbamates (subject to hydrolysis) is 1. The van der Waals surface area contributed by atoms with Crippen LogP contribution in [0.1, 0.15) is 65.5 Å². The number of nitrogens with one attached hydrogen (secondary N) is 2.